The average Bonchev–Trinajstić information content (AvgIpc) is 2.64. The number of benzene rings is 1. The zero-order chi connectivity index (χ0) is 11.7. The highest BCUT2D eigenvalue weighted by atomic mass is 16.4. The first-order valence-corrected chi connectivity index (χ1v) is 4.66. The lowest BCUT2D eigenvalue weighted by molar-refractivity contribution is 0.0697. The summed E-state index contributed by atoms with van der Waals surface area (Å²) in [5.41, 5.74) is 1.55. The van der Waals surface area contributed by atoms with E-state index in [0.717, 1.165) is 5.56 Å². The minimum atomic E-state index is -0.994. The molecule has 0 spiro atoms. The maximum atomic E-state index is 11.1. The van der Waals surface area contributed by atoms with E-state index in [-0.39, 0.29) is 5.56 Å². The van der Waals surface area contributed by atoms with Crippen molar-refractivity contribution in [3.8, 4) is 11.4 Å². The molecule has 6 nitrogen and oxygen atoms in total. The van der Waals surface area contributed by atoms with Gasteiger partial charge < -0.3 is 5.11 Å². The van der Waals surface area contributed by atoms with Gasteiger partial charge in [-0.3, -0.25) is 0 Å². The maximum Gasteiger partial charge on any atom is 0.336 e. The Morgan fingerprint density at radius 1 is 1.44 bits per heavy atom. The van der Waals surface area contributed by atoms with Crippen LogP contribution in [0.1, 0.15) is 15.9 Å². The quantitative estimate of drug-likeness (QED) is 0.809. The number of aromatic nitrogens is 4. The Kier molecular flexibility index (Phi) is 2.40. The van der Waals surface area contributed by atoms with Gasteiger partial charge in [0.05, 0.1) is 12.6 Å². The minimum absolute atomic E-state index is 0.188. The van der Waals surface area contributed by atoms with Crippen LogP contribution >= 0.6 is 0 Å². The summed E-state index contributed by atoms with van der Waals surface area (Å²) >= 11 is 0. The van der Waals surface area contributed by atoms with E-state index in [9.17, 15) is 4.79 Å². The second kappa shape index (κ2) is 3.73. The number of hydrogen-bond acceptors (Lipinski definition) is 4. The molecule has 1 aromatic heterocycles. The molecule has 82 valence electrons. The van der Waals surface area contributed by atoms with Crippen LogP contribution in [0.2, 0.25) is 0 Å². The van der Waals surface area contributed by atoms with E-state index < -0.39 is 5.97 Å². The molecule has 0 unspecified atom stereocenters. The van der Waals surface area contributed by atoms with E-state index in [0.29, 0.717) is 11.4 Å². The van der Waals surface area contributed by atoms with Crippen LogP contribution < -0.4 is 0 Å². The molecule has 0 bridgehead atoms. The lowest BCUT2D eigenvalue weighted by atomic mass is 10.0. The lowest BCUT2D eigenvalue weighted by Crippen LogP contribution is -2.01. The number of carboxylic acid groups (broad SMARTS) is 1. The molecular formula is C10H10N4O2. The largest absolute Gasteiger partial charge is 0.478 e. The van der Waals surface area contributed by atoms with Gasteiger partial charge in [0.15, 0.2) is 0 Å². The number of carbonyl (C=O) groups is 1. The van der Waals surface area contributed by atoms with E-state index in [1.54, 1.807) is 19.2 Å². The first kappa shape index (κ1) is 10.3. The minimum Gasteiger partial charge on any atom is -0.478 e. The number of tetrazole rings is 1. The summed E-state index contributed by atoms with van der Waals surface area (Å²) in [7, 11) is 1.63. The fraction of sp³-hybridized carbons (Fsp3) is 0.200. The molecule has 6 heteroatoms. The van der Waals surface area contributed by atoms with Gasteiger partial charge in [-0.1, -0.05) is 11.6 Å². The molecule has 2 aromatic rings. The topological polar surface area (TPSA) is 80.9 Å². The number of aryl methyl sites for hydroxylation is 2. The van der Waals surface area contributed by atoms with Crippen LogP contribution in [-0.4, -0.2) is 31.3 Å². The molecule has 0 saturated carbocycles. The Labute approximate surface area is 91.5 Å². The van der Waals surface area contributed by atoms with Crippen molar-refractivity contribution < 1.29 is 9.90 Å². The van der Waals surface area contributed by atoms with Gasteiger partial charge in [0.2, 0.25) is 5.82 Å². The van der Waals surface area contributed by atoms with Crippen molar-refractivity contribution in [2.45, 2.75) is 6.92 Å². The smallest absolute Gasteiger partial charge is 0.336 e. The molecule has 1 heterocycles. The van der Waals surface area contributed by atoms with Crippen LogP contribution in [0.4, 0.5) is 0 Å². The third kappa shape index (κ3) is 1.77. The van der Waals surface area contributed by atoms with Crippen molar-refractivity contribution in [1.29, 1.82) is 0 Å². The monoisotopic (exact) mass is 218 g/mol. The Hall–Kier alpha value is -2.24. The Morgan fingerprint density at radius 3 is 2.75 bits per heavy atom. The van der Waals surface area contributed by atoms with E-state index in [2.05, 4.69) is 15.4 Å². The first-order chi connectivity index (χ1) is 7.58. The van der Waals surface area contributed by atoms with Crippen molar-refractivity contribution in [3.63, 3.8) is 0 Å². The van der Waals surface area contributed by atoms with Crippen molar-refractivity contribution in [2.24, 2.45) is 7.05 Å². The van der Waals surface area contributed by atoms with Crippen LogP contribution in [0.3, 0.4) is 0 Å². The SMILES string of the molecule is Cc1ccc(-c2nnn(C)n2)c(C(=O)O)c1. The van der Waals surface area contributed by atoms with Crippen LogP contribution in [0.5, 0.6) is 0 Å². The standard InChI is InChI=1S/C10H10N4O2/c1-6-3-4-7(8(5-6)10(15)16)9-11-13-14(2)12-9/h3-5H,1-2H3,(H,15,16). The Balaban J connectivity index is 2.60. The molecule has 0 aliphatic carbocycles. The second-order valence-electron chi connectivity index (χ2n) is 3.46. The predicted molar refractivity (Wildman–Crippen MR) is 55.9 cm³/mol. The molecule has 0 fully saturated rings. The van der Waals surface area contributed by atoms with Crippen molar-refractivity contribution >= 4 is 5.97 Å². The second-order valence-corrected chi connectivity index (χ2v) is 3.46. The molecular weight excluding hydrogens is 208 g/mol. The van der Waals surface area contributed by atoms with E-state index in [1.165, 1.54) is 4.80 Å². The zero-order valence-corrected chi connectivity index (χ0v) is 8.88. The first-order valence-electron chi connectivity index (χ1n) is 4.66. The fourth-order valence-electron chi connectivity index (χ4n) is 1.42. The van der Waals surface area contributed by atoms with E-state index in [1.807, 2.05) is 13.0 Å². The maximum absolute atomic E-state index is 11.1. The summed E-state index contributed by atoms with van der Waals surface area (Å²) in [6.45, 7) is 1.83. The predicted octanol–water partition coefficient (Wildman–Crippen LogP) is 0.884. The zero-order valence-electron chi connectivity index (χ0n) is 8.88. The highest BCUT2D eigenvalue weighted by Crippen LogP contribution is 2.20. The van der Waals surface area contributed by atoms with Crippen LogP contribution in [0, 0.1) is 6.92 Å². The highest BCUT2D eigenvalue weighted by Gasteiger charge is 2.15. The molecule has 0 aliphatic rings. The molecule has 2 rings (SSSR count). The fourth-order valence-corrected chi connectivity index (χ4v) is 1.42. The van der Waals surface area contributed by atoms with Gasteiger partial charge in [-0.05, 0) is 24.3 Å². The van der Waals surface area contributed by atoms with Gasteiger partial charge in [-0.2, -0.15) is 4.80 Å². The summed E-state index contributed by atoms with van der Waals surface area (Å²) in [5, 5.41) is 20.5. The summed E-state index contributed by atoms with van der Waals surface area (Å²) in [4.78, 5) is 12.4. The van der Waals surface area contributed by atoms with E-state index >= 15 is 0 Å². The molecule has 0 amide bonds. The number of carboxylic acids is 1. The summed E-state index contributed by atoms with van der Waals surface area (Å²) in [5.74, 6) is -0.675. The van der Waals surface area contributed by atoms with Crippen LogP contribution in [-0.2, 0) is 7.05 Å². The van der Waals surface area contributed by atoms with E-state index in [4.69, 9.17) is 5.11 Å². The molecule has 0 atom stereocenters. The number of rotatable bonds is 2. The lowest BCUT2D eigenvalue weighted by Gasteiger charge is -2.02. The molecule has 0 aliphatic heterocycles. The normalized spacial score (nSPS) is 10.4. The van der Waals surface area contributed by atoms with Gasteiger partial charge in [0.1, 0.15) is 0 Å². The molecule has 1 N–H and O–H groups in total. The Morgan fingerprint density at radius 2 is 2.19 bits per heavy atom. The number of aromatic carboxylic acids is 1. The average molecular weight is 218 g/mol. The molecule has 0 radical (unpaired) electrons. The van der Waals surface area contributed by atoms with Crippen molar-refractivity contribution in [2.75, 3.05) is 0 Å². The Bertz CT molecular complexity index is 548. The van der Waals surface area contributed by atoms with Crippen molar-refractivity contribution in [1.82, 2.24) is 20.2 Å². The molecule has 1 aromatic carbocycles. The van der Waals surface area contributed by atoms with Crippen molar-refractivity contribution in [3.05, 3.63) is 29.3 Å². The van der Waals surface area contributed by atoms with Crippen LogP contribution in [0.25, 0.3) is 11.4 Å². The van der Waals surface area contributed by atoms with Gasteiger partial charge in [-0.15, -0.1) is 10.2 Å². The van der Waals surface area contributed by atoms with Gasteiger partial charge in [0, 0.05) is 5.56 Å². The summed E-state index contributed by atoms with van der Waals surface area (Å²) < 4.78 is 0. The molecule has 0 saturated heterocycles. The summed E-state index contributed by atoms with van der Waals surface area (Å²) in [6.07, 6.45) is 0. The summed E-state index contributed by atoms with van der Waals surface area (Å²) in [6, 6.07) is 5.10. The van der Waals surface area contributed by atoms with Crippen LogP contribution in [0.15, 0.2) is 18.2 Å². The van der Waals surface area contributed by atoms with Gasteiger partial charge >= 0.3 is 5.97 Å². The third-order valence-electron chi connectivity index (χ3n) is 2.15. The van der Waals surface area contributed by atoms with Gasteiger partial charge in [0.25, 0.3) is 0 Å². The third-order valence-corrected chi connectivity index (χ3v) is 2.15. The van der Waals surface area contributed by atoms with Gasteiger partial charge in [-0.25, -0.2) is 4.79 Å². The molecule has 16 heavy (non-hydrogen) atoms. The number of nitrogens with zero attached hydrogens (tertiary/aromatic N) is 4. The number of hydrogen-bond donors (Lipinski definition) is 1. The highest BCUT2D eigenvalue weighted by molar-refractivity contribution is 5.95.